The van der Waals surface area contributed by atoms with Crippen LogP contribution in [0.5, 0.6) is 0 Å². The Kier molecular flexibility index (Phi) is 5.64. The van der Waals surface area contributed by atoms with Gasteiger partial charge in [0.1, 0.15) is 0 Å². The molecule has 1 aromatic heterocycles. The van der Waals surface area contributed by atoms with E-state index in [1.807, 2.05) is 42.5 Å². The zero-order chi connectivity index (χ0) is 22.1. The van der Waals surface area contributed by atoms with E-state index in [0.717, 1.165) is 51.5 Å². The zero-order valence-corrected chi connectivity index (χ0v) is 19.1. The fraction of sp³-hybridized carbons (Fsp3) is 0.231. The first-order valence-electron chi connectivity index (χ1n) is 10.8. The molecule has 0 bridgehead atoms. The van der Waals surface area contributed by atoms with Crippen LogP contribution in [0.25, 0.3) is 27.1 Å². The van der Waals surface area contributed by atoms with Gasteiger partial charge in [-0.05, 0) is 67.2 Å². The lowest BCUT2D eigenvalue weighted by Crippen LogP contribution is -2.31. The van der Waals surface area contributed by atoms with Gasteiger partial charge in [-0.2, -0.15) is 0 Å². The van der Waals surface area contributed by atoms with Crippen molar-refractivity contribution in [3.63, 3.8) is 0 Å². The van der Waals surface area contributed by atoms with Crippen molar-refractivity contribution in [2.24, 2.45) is 0 Å². The van der Waals surface area contributed by atoms with E-state index in [-0.39, 0.29) is 5.91 Å². The molecule has 1 fully saturated rings. The Morgan fingerprint density at radius 2 is 1.97 bits per heavy atom. The molecule has 1 atom stereocenters. The van der Waals surface area contributed by atoms with E-state index in [0.29, 0.717) is 6.04 Å². The van der Waals surface area contributed by atoms with Gasteiger partial charge in [0.25, 0.3) is 0 Å². The molecule has 162 valence electrons. The third-order valence-electron chi connectivity index (χ3n) is 6.01. The third kappa shape index (κ3) is 4.38. The maximum atomic E-state index is 12.5. The van der Waals surface area contributed by atoms with Crippen LogP contribution in [0.15, 0.2) is 66.7 Å². The average Bonchev–Trinajstić information content (AvgIpc) is 3.44. The second-order valence-corrected chi connectivity index (χ2v) is 9.47. The van der Waals surface area contributed by atoms with Crippen LogP contribution in [0, 0.1) is 0 Å². The van der Waals surface area contributed by atoms with Crippen molar-refractivity contribution >= 4 is 55.1 Å². The summed E-state index contributed by atoms with van der Waals surface area (Å²) in [6.45, 7) is 2.04. The normalized spacial score (nSPS) is 16.6. The van der Waals surface area contributed by atoms with Gasteiger partial charge < -0.3 is 15.1 Å². The number of amides is 1. The molecule has 1 saturated heterocycles. The van der Waals surface area contributed by atoms with Crippen LogP contribution in [-0.2, 0) is 4.79 Å². The number of fused-ring (bicyclic) bond motifs is 2. The Bertz CT molecular complexity index is 1310. The van der Waals surface area contributed by atoms with Crippen LogP contribution in [0.4, 0.5) is 10.8 Å². The molecule has 1 N–H and O–H groups in total. The predicted octanol–water partition coefficient (Wildman–Crippen LogP) is 5.24. The van der Waals surface area contributed by atoms with E-state index in [2.05, 4.69) is 53.5 Å². The highest BCUT2D eigenvalue weighted by Gasteiger charge is 2.26. The van der Waals surface area contributed by atoms with Crippen molar-refractivity contribution in [3.05, 3.63) is 72.3 Å². The number of likely N-dealkylation sites (N-methyl/N-ethyl adjacent to an activating group) is 1. The number of anilines is 2. The molecule has 5 rings (SSSR count). The van der Waals surface area contributed by atoms with Gasteiger partial charge in [-0.1, -0.05) is 47.7 Å². The number of carbonyl (C=O) groups is 1. The standard InChI is InChI=1S/C26H26N4OS/c1-29(2)22-13-14-30(17-22)26-28-23-11-10-21(16-24(23)32-26)27-25(31)12-8-18-7-9-19-5-3-4-6-20(19)15-18/h3-12,15-16,22H,13-14,17H2,1-2H3,(H,27,31)/b12-8+/t22-/m1/s1. The summed E-state index contributed by atoms with van der Waals surface area (Å²) >= 11 is 1.69. The van der Waals surface area contributed by atoms with Crippen molar-refractivity contribution in [1.82, 2.24) is 9.88 Å². The lowest BCUT2D eigenvalue weighted by Gasteiger charge is -2.19. The number of carbonyl (C=O) groups excluding carboxylic acids is 1. The number of hydrogen-bond donors (Lipinski definition) is 1. The van der Waals surface area contributed by atoms with E-state index < -0.39 is 0 Å². The van der Waals surface area contributed by atoms with Gasteiger partial charge in [-0.15, -0.1) is 0 Å². The first-order chi connectivity index (χ1) is 15.5. The zero-order valence-electron chi connectivity index (χ0n) is 18.3. The van der Waals surface area contributed by atoms with Gasteiger partial charge >= 0.3 is 0 Å². The smallest absolute Gasteiger partial charge is 0.248 e. The minimum absolute atomic E-state index is 0.143. The highest BCUT2D eigenvalue weighted by atomic mass is 32.1. The van der Waals surface area contributed by atoms with E-state index >= 15 is 0 Å². The topological polar surface area (TPSA) is 48.5 Å². The second kappa shape index (κ2) is 8.73. The van der Waals surface area contributed by atoms with Crippen LogP contribution >= 0.6 is 11.3 Å². The summed E-state index contributed by atoms with van der Waals surface area (Å²) in [5.41, 5.74) is 2.76. The van der Waals surface area contributed by atoms with E-state index in [9.17, 15) is 4.79 Å². The average molecular weight is 443 g/mol. The SMILES string of the molecule is CN(C)[C@@H]1CCN(c2nc3ccc(NC(=O)/C=C/c4ccc5ccccc5c4)cc3s2)C1. The van der Waals surface area contributed by atoms with Gasteiger partial charge in [-0.25, -0.2) is 4.98 Å². The van der Waals surface area contributed by atoms with E-state index in [1.54, 1.807) is 17.4 Å². The van der Waals surface area contributed by atoms with Crippen molar-refractivity contribution in [1.29, 1.82) is 0 Å². The lowest BCUT2D eigenvalue weighted by atomic mass is 10.1. The number of aromatic nitrogens is 1. The summed E-state index contributed by atoms with van der Waals surface area (Å²) in [5, 5.41) is 6.39. The molecule has 0 aliphatic carbocycles. The number of thiazole rings is 1. The number of benzene rings is 3. The van der Waals surface area contributed by atoms with Crippen molar-refractivity contribution < 1.29 is 4.79 Å². The molecular formula is C26H26N4OS. The quantitative estimate of drug-likeness (QED) is 0.429. The summed E-state index contributed by atoms with van der Waals surface area (Å²) in [6, 6.07) is 20.9. The molecular weight excluding hydrogens is 416 g/mol. The molecule has 5 nitrogen and oxygen atoms in total. The minimum Gasteiger partial charge on any atom is -0.346 e. The molecule has 3 aromatic carbocycles. The molecule has 1 amide bonds. The molecule has 1 aliphatic rings. The van der Waals surface area contributed by atoms with Crippen molar-refractivity contribution in [2.75, 3.05) is 37.4 Å². The molecule has 1 aliphatic heterocycles. The molecule has 0 radical (unpaired) electrons. The maximum Gasteiger partial charge on any atom is 0.248 e. The summed E-state index contributed by atoms with van der Waals surface area (Å²) < 4.78 is 1.09. The molecule has 4 aromatic rings. The summed E-state index contributed by atoms with van der Waals surface area (Å²) in [5.74, 6) is -0.143. The minimum atomic E-state index is -0.143. The first kappa shape index (κ1) is 20.7. The largest absolute Gasteiger partial charge is 0.346 e. The number of rotatable bonds is 5. The monoisotopic (exact) mass is 442 g/mol. The Hall–Kier alpha value is -3.22. The van der Waals surface area contributed by atoms with Crippen LogP contribution in [0.1, 0.15) is 12.0 Å². The molecule has 2 heterocycles. The molecule has 32 heavy (non-hydrogen) atoms. The van der Waals surface area contributed by atoms with E-state index in [4.69, 9.17) is 4.98 Å². The van der Waals surface area contributed by atoms with Gasteiger partial charge in [0.05, 0.1) is 10.2 Å². The molecule has 6 heteroatoms. The fourth-order valence-electron chi connectivity index (χ4n) is 4.13. The first-order valence-corrected chi connectivity index (χ1v) is 11.7. The number of nitrogens with zero attached hydrogens (tertiary/aromatic N) is 3. The van der Waals surface area contributed by atoms with Gasteiger partial charge in [-0.3, -0.25) is 4.79 Å². The highest BCUT2D eigenvalue weighted by molar-refractivity contribution is 7.22. The Morgan fingerprint density at radius 1 is 1.12 bits per heavy atom. The summed E-state index contributed by atoms with van der Waals surface area (Å²) in [4.78, 5) is 21.9. The lowest BCUT2D eigenvalue weighted by molar-refractivity contribution is -0.111. The highest BCUT2D eigenvalue weighted by Crippen LogP contribution is 2.33. The summed E-state index contributed by atoms with van der Waals surface area (Å²) in [6.07, 6.45) is 4.59. The van der Waals surface area contributed by atoms with Crippen LogP contribution in [0.3, 0.4) is 0 Å². The Morgan fingerprint density at radius 3 is 2.78 bits per heavy atom. The number of nitrogens with one attached hydrogen (secondary N) is 1. The predicted molar refractivity (Wildman–Crippen MR) is 136 cm³/mol. The summed E-state index contributed by atoms with van der Waals surface area (Å²) in [7, 11) is 4.27. The Balaban J connectivity index is 1.27. The van der Waals surface area contributed by atoms with Crippen LogP contribution < -0.4 is 10.2 Å². The van der Waals surface area contributed by atoms with Crippen LogP contribution in [0.2, 0.25) is 0 Å². The molecule has 0 unspecified atom stereocenters. The Labute approximate surface area is 192 Å². The number of hydrogen-bond acceptors (Lipinski definition) is 5. The van der Waals surface area contributed by atoms with Gasteiger partial charge in [0.15, 0.2) is 5.13 Å². The fourth-order valence-corrected chi connectivity index (χ4v) is 5.17. The van der Waals surface area contributed by atoms with Crippen LogP contribution in [-0.4, -0.2) is 49.0 Å². The van der Waals surface area contributed by atoms with Crippen molar-refractivity contribution in [2.45, 2.75) is 12.5 Å². The second-order valence-electron chi connectivity index (χ2n) is 8.46. The molecule has 0 saturated carbocycles. The molecule has 0 spiro atoms. The third-order valence-corrected chi connectivity index (χ3v) is 7.09. The van der Waals surface area contributed by atoms with Crippen molar-refractivity contribution in [3.8, 4) is 0 Å². The van der Waals surface area contributed by atoms with E-state index in [1.165, 1.54) is 5.39 Å². The maximum absolute atomic E-state index is 12.5. The van der Waals surface area contributed by atoms with Gasteiger partial charge in [0.2, 0.25) is 5.91 Å². The van der Waals surface area contributed by atoms with Gasteiger partial charge in [0, 0.05) is 30.9 Å².